The van der Waals surface area contributed by atoms with Crippen LogP contribution in [0.25, 0.3) is 0 Å². The highest BCUT2D eigenvalue weighted by atomic mass is 19.4. The number of guanidine groups is 1. The molecule has 23 heavy (non-hydrogen) atoms. The quantitative estimate of drug-likeness (QED) is 0.437. The van der Waals surface area contributed by atoms with Crippen molar-refractivity contribution in [3.05, 3.63) is 29.8 Å². The maximum absolute atomic E-state index is 12.0. The van der Waals surface area contributed by atoms with Crippen LogP contribution in [0.4, 0.5) is 13.2 Å². The minimum Gasteiger partial charge on any atom is -0.496 e. The highest BCUT2D eigenvalue weighted by molar-refractivity contribution is 5.79. The Bertz CT molecular complexity index is 490. The number of methoxy groups -OCH3 is 1. The average molecular weight is 331 g/mol. The summed E-state index contributed by atoms with van der Waals surface area (Å²) >= 11 is 0. The number of unbranched alkanes of at least 4 members (excludes halogenated alkanes) is 1. The molecule has 7 heteroatoms. The third-order valence-corrected chi connectivity index (χ3v) is 3.28. The number of aliphatic imine (C=N–C) groups is 1. The Hall–Kier alpha value is -1.92. The number of para-hydroxylation sites is 1. The molecular formula is C16H24F3N3O. The third kappa shape index (κ3) is 8.32. The van der Waals surface area contributed by atoms with E-state index in [1.165, 1.54) is 0 Å². The number of ether oxygens (including phenoxy) is 1. The van der Waals surface area contributed by atoms with Crippen LogP contribution in [-0.2, 0) is 6.42 Å². The number of nitrogens with zero attached hydrogens (tertiary/aromatic N) is 1. The van der Waals surface area contributed by atoms with E-state index in [9.17, 15) is 13.2 Å². The zero-order valence-electron chi connectivity index (χ0n) is 13.5. The molecule has 0 amide bonds. The van der Waals surface area contributed by atoms with Crippen molar-refractivity contribution in [2.75, 3.05) is 27.2 Å². The minimum absolute atomic E-state index is 0.120. The van der Waals surface area contributed by atoms with E-state index >= 15 is 0 Å². The molecule has 0 unspecified atom stereocenters. The lowest BCUT2D eigenvalue weighted by atomic mass is 10.1. The topological polar surface area (TPSA) is 45.7 Å². The van der Waals surface area contributed by atoms with Gasteiger partial charge in [-0.05, 0) is 30.9 Å². The second-order valence-corrected chi connectivity index (χ2v) is 5.06. The van der Waals surface area contributed by atoms with E-state index in [2.05, 4.69) is 15.6 Å². The Labute approximate surface area is 135 Å². The zero-order chi connectivity index (χ0) is 17.1. The number of benzene rings is 1. The van der Waals surface area contributed by atoms with Crippen molar-refractivity contribution in [1.29, 1.82) is 0 Å². The summed E-state index contributed by atoms with van der Waals surface area (Å²) in [5.74, 6) is 1.43. The molecule has 0 aliphatic rings. The fourth-order valence-corrected chi connectivity index (χ4v) is 2.10. The van der Waals surface area contributed by atoms with Gasteiger partial charge in [-0.25, -0.2) is 0 Å². The van der Waals surface area contributed by atoms with Gasteiger partial charge in [-0.1, -0.05) is 18.2 Å². The van der Waals surface area contributed by atoms with Gasteiger partial charge < -0.3 is 15.4 Å². The Morgan fingerprint density at radius 2 is 1.83 bits per heavy atom. The van der Waals surface area contributed by atoms with Crippen molar-refractivity contribution in [2.24, 2.45) is 4.99 Å². The Morgan fingerprint density at radius 3 is 2.48 bits per heavy atom. The number of hydrogen-bond acceptors (Lipinski definition) is 2. The summed E-state index contributed by atoms with van der Waals surface area (Å²) < 4.78 is 41.4. The molecule has 2 N–H and O–H groups in total. The second kappa shape index (κ2) is 9.97. The highest BCUT2D eigenvalue weighted by Crippen LogP contribution is 2.21. The number of halogens is 3. The smallest absolute Gasteiger partial charge is 0.389 e. The van der Waals surface area contributed by atoms with Crippen LogP contribution in [0.1, 0.15) is 24.8 Å². The molecule has 1 aromatic rings. The van der Waals surface area contributed by atoms with Crippen LogP contribution in [0.3, 0.4) is 0 Å². The normalized spacial score (nSPS) is 12.1. The Morgan fingerprint density at radius 1 is 1.13 bits per heavy atom. The molecule has 0 aliphatic carbocycles. The van der Waals surface area contributed by atoms with E-state index in [-0.39, 0.29) is 6.42 Å². The van der Waals surface area contributed by atoms with Gasteiger partial charge in [-0.15, -0.1) is 0 Å². The predicted octanol–water partition coefficient (Wildman–Crippen LogP) is 3.14. The average Bonchev–Trinajstić information content (AvgIpc) is 2.52. The molecule has 0 aliphatic heterocycles. The number of hydrogen-bond donors (Lipinski definition) is 2. The summed E-state index contributed by atoms with van der Waals surface area (Å²) in [6.07, 6.45) is -3.48. The van der Waals surface area contributed by atoms with Gasteiger partial charge in [0.1, 0.15) is 5.75 Å². The van der Waals surface area contributed by atoms with E-state index in [1.54, 1.807) is 14.2 Å². The first-order chi connectivity index (χ1) is 11.0. The first kappa shape index (κ1) is 19.1. The lowest BCUT2D eigenvalue weighted by Crippen LogP contribution is -2.38. The largest absolute Gasteiger partial charge is 0.496 e. The van der Waals surface area contributed by atoms with Crippen molar-refractivity contribution >= 4 is 5.96 Å². The molecule has 0 bridgehead atoms. The second-order valence-electron chi connectivity index (χ2n) is 5.06. The van der Waals surface area contributed by atoms with E-state index in [0.29, 0.717) is 25.5 Å². The molecule has 0 atom stereocenters. The van der Waals surface area contributed by atoms with Crippen molar-refractivity contribution in [1.82, 2.24) is 10.6 Å². The van der Waals surface area contributed by atoms with Crippen molar-refractivity contribution in [2.45, 2.75) is 31.9 Å². The van der Waals surface area contributed by atoms with Gasteiger partial charge in [0.05, 0.1) is 7.11 Å². The summed E-state index contributed by atoms with van der Waals surface area (Å²) in [6, 6.07) is 7.76. The summed E-state index contributed by atoms with van der Waals surface area (Å²) in [5, 5.41) is 6.15. The summed E-state index contributed by atoms with van der Waals surface area (Å²) in [6.45, 7) is 1.12. The van der Waals surface area contributed by atoms with Gasteiger partial charge in [0, 0.05) is 26.6 Å². The lowest BCUT2D eigenvalue weighted by Gasteiger charge is -2.13. The Kier molecular flexibility index (Phi) is 8.29. The van der Waals surface area contributed by atoms with Crippen LogP contribution < -0.4 is 15.4 Å². The summed E-state index contributed by atoms with van der Waals surface area (Å²) in [5.41, 5.74) is 1.09. The van der Waals surface area contributed by atoms with Gasteiger partial charge in [-0.3, -0.25) is 4.99 Å². The molecule has 130 valence electrons. The monoisotopic (exact) mass is 331 g/mol. The molecule has 0 saturated carbocycles. The van der Waals surface area contributed by atoms with Crippen LogP contribution in [0, 0.1) is 0 Å². The van der Waals surface area contributed by atoms with Gasteiger partial charge in [-0.2, -0.15) is 13.2 Å². The van der Waals surface area contributed by atoms with Crippen LogP contribution in [-0.4, -0.2) is 39.4 Å². The van der Waals surface area contributed by atoms with E-state index in [1.807, 2.05) is 24.3 Å². The number of rotatable bonds is 8. The molecule has 0 radical (unpaired) electrons. The van der Waals surface area contributed by atoms with Gasteiger partial charge in [0.2, 0.25) is 0 Å². The van der Waals surface area contributed by atoms with E-state index in [4.69, 9.17) is 4.74 Å². The van der Waals surface area contributed by atoms with Crippen LogP contribution in [0.15, 0.2) is 29.3 Å². The van der Waals surface area contributed by atoms with Crippen LogP contribution >= 0.6 is 0 Å². The van der Waals surface area contributed by atoms with Gasteiger partial charge in [0.15, 0.2) is 5.96 Å². The predicted molar refractivity (Wildman–Crippen MR) is 86.0 cm³/mol. The molecule has 0 aromatic heterocycles. The molecule has 1 aromatic carbocycles. The molecule has 0 heterocycles. The summed E-state index contributed by atoms with van der Waals surface area (Å²) in [7, 11) is 3.27. The van der Waals surface area contributed by atoms with E-state index in [0.717, 1.165) is 17.7 Å². The minimum atomic E-state index is -4.07. The van der Waals surface area contributed by atoms with Crippen molar-refractivity contribution < 1.29 is 17.9 Å². The van der Waals surface area contributed by atoms with Crippen LogP contribution in [0.2, 0.25) is 0 Å². The lowest BCUT2D eigenvalue weighted by molar-refractivity contribution is -0.135. The Balaban J connectivity index is 2.24. The molecule has 0 spiro atoms. The maximum atomic E-state index is 12.0. The van der Waals surface area contributed by atoms with Crippen LogP contribution in [0.5, 0.6) is 5.75 Å². The fourth-order valence-electron chi connectivity index (χ4n) is 2.10. The standard InChI is InChI=1S/C16H24F3N3O/c1-20-15(21-11-6-5-10-16(17,18)19)22-12-9-13-7-3-4-8-14(13)23-2/h3-4,7-8H,5-6,9-12H2,1-2H3,(H2,20,21,22). The maximum Gasteiger partial charge on any atom is 0.389 e. The van der Waals surface area contributed by atoms with Gasteiger partial charge >= 0.3 is 6.18 Å². The molecule has 0 fully saturated rings. The molecular weight excluding hydrogens is 307 g/mol. The van der Waals surface area contributed by atoms with Crippen molar-refractivity contribution in [3.63, 3.8) is 0 Å². The molecule has 4 nitrogen and oxygen atoms in total. The number of nitrogens with one attached hydrogen (secondary N) is 2. The number of alkyl halides is 3. The van der Waals surface area contributed by atoms with Crippen molar-refractivity contribution in [3.8, 4) is 5.75 Å². The zero-order valence-corrected chi connectivity index (χ0v) is 13.5. The fraction of sp³-hybridized carbons (Fsp3) is 0.562. The first-order valence-corrected chi connectivity index (χ1v) is 7.59. The third-order valence-electron chi connectivity index (χ3n) is 3.28. The molecule has 1 rings (SSSR count). The molecule has 0 saturated heterocycles. The van der Waals surface area contributed by atoms with E-state index < -0.39 is 12.6 Å². The highest BCUT2D eigenvalue weighted by Gasteiger charge is 2.25. The first-order valence-electron chi connectivity index (χ1n) is 7.59. The van der Waals surface area contributed by atoms with Gasteiger partial charge in [0.25, 0.3) is 0 Å². The summed E-state index contributed by atoms with van der Waals surface area (Å²) in [4.78, 5) is 4.05. The SMILES string of the molecule is CN=C(NCCCCC(F)(F)F)NCCc1ccccc1OC.